The predicted molar refractivity (Wildman–Crippen MR) is 97.1 cm³/mol. The monoisotopic (exact) mass is 334 g/mol. The molecule has 6 nitrogen and oxygen atoms in total. The van der Waals surface area contributed by atoms with E-state index in [-0.39, 0.29) is 0 Å². The summed E-state index contributed by atoms with van der Waals surface area (Å²) in [4.78, 5) is 18.1. The summed E-state index contributed by atoms with van der Waals surface area (Å²) in [5, 5.41) is 3.41. The van der Waals surface area contributed by atoms with Gasteiger partial charge in [-0.05, 0) is 31.4 Å². The number of anilines is 1. The Hall–Kier alpha value is -2.76. The molecule has 1 N–H and O–H groups in total. The van der Waals surface area contributed by atoms with Gasteiger partial charge in [0.05, 0.1) is 12.2 Å². The molecule has 1 aliphatic heterocycles. The number of aromatic nitrogens is 5. The van der Waals surface area contributed by atoms with E-state index >= 15 is 0 Å². The van der Waals surface area contributed by atoms with E-state index in [0.717, 1.165) is 48.0 Å². The van der Waals surface area contributed by atoms with Crippen LogP contribution < -0.4 is 5.32 Å². The first-order valence-electron chi connectivity index (χ1n) is 8.89. The van der Waals surface area contributed by atoms with Crippen molar-refractivity contribution in [3.05, 3.63) is 54.0 Å². The van der Waals surface area contributed by atoms with Crippen molar-refractivity contribution < 1.29 is 0 Å². The van der Waals surface area contributed by atoms with E-state index < -0.39 is 0 Å². The van der Waals surface area contributed by atoms with Gasteiger partial charge in [0.25, 0.3) is 0 Å². The minimum atomic E-state index is 0.677. The molecule has 0 saturated heterocycles. The molecule has 0 atom stereocenters. The molecule has 4 rings (SSSR count). The Kier molecular flexibility index (Phi) is 4.41. The number of nitrogens with zero attached hydrogens (tertiary/aromatic N) is 5. The van der Waals surface area contributed by atoms with Crippen LogP contribution in [0.4, 0.5) is 5.82 Å². The molecule has 25 heavy (non-hydrogen) atoms. The van der Waals surface area contributed by atoms with Gasteiger partial charge in [-0.1, -0.05) is 6.92 Å². The summed E-state index contributed by atoms with van der Waals surface area (Å²) >= 11 is 0. The average Bonchev–Trinajstić information content (AvgIpc) is 3.10. The molecule has 0 fully saturated rings. The van der Waals surface area contributed by atoms with Gasteiger partial charge in [-0.15, -0.1) is 0 Å². The van der Waals surface area contributed by atoms with Gasteiger partial charge in [-0.3, -0.25) is 4.98 Å². The van der Waals surface area contributed by atoms with Crippen molar-refractivity contribution in [2.45, 2.75) is 45.7 Å². The van der Waals surface area contributed by atoms with Crippen LogP contribution in [0.2, 0.25) is 0 Å². The minimum absolute atomic E-state index is 0.677. The van der Waals surface area contributed by atoms with Gasteiger partial charge in [0.15, 0.2) is 5.82 Å². The van der Waals surface area contributed by atoms with Crippen LogP contribution >= 0.6 is 0 Å². The highest BCUT2D eigenvalue weighted by Gasteiger charge is 2.12. The molecule has 0 aromatic carbocycles. The fraction of sp³-hybridized carbons (Fsp3) is 0.368. The molecule has 6 heteroatoms. The third-order valence-corrected chi connectivity index (χ3v) is 4.49. The number of hydrogen-bond donors (Lipinski definition) is 1. The molecule has 3 aromatic heterocycles. The minimum Gasteiger partial charge on any atom is -0.364 e. The van der Waals surface area contributed by atoms with Crippen LogP contribution in [0.15, 0.2) is 36.8 Å². The summed E-state index contributed by atoms with van der Waals surface area (Å²) in [5.74, 6) is 2.77. The van der Waals surface area contributed by atoms with E-state index in [4.69, 9.17) is 4.98 Å². The molecule has 0 aliphatic carbocycles. The first-order chi connectivity index (χ1) is 12.3. The topological polar surface area (TPSA) is 68.5 Å². The third-order valence-electron chi connectivity index (χ3n) is 4.49. The fourth-order valence-electron chi connectivity index (χ4n) is 3.14. The molecule has 0 bridgehead atoms. The molecule has 0 unspecified atom stereocenters. The first-order valence-corrected chi connectivity index (χ1v) is 8.89. The van der Waals surface area contributed by atoms with Crippen LogP contribution in [0.1, 0.15) is 37.0 Å². The van der Waals surface area contributed by atoms with Crippen molar-refractivity contribution in [3.63, 3.8) is 0 Å². The van der Waals surface area contributed by atoms with Crippen molar-refractivity contribution in [2.24, 2.45) is 0 Å². The Bertz CT molecular complexity index is 832. The van der Waals surface area contributed by atoms with Crippen LogP contribution in [0.3, 0.4) is 0 Å². The highest BCUT2D eigenvalue weighted by molar-refractivity contribution is 5.56. The van der Waals surface area contributed by atoms with E-state index in [1.54, 1.807) is 12.4 Å². The number of aryl methyl sites for hydroxylation is 3. The van der Waals surface area contributed by atoms with Crippen LogP contribution in [-0.2, 0) is 25.9 Å². The van der Waals surface area contributed by atoms with Crippen LogP contribution in [0.5, 0.6) is 0 Å². The van der Waals surface area contributed by atoms with Gasteiger partial charge in [-0.2, -0.15) is 0 Å². The van der Waals surface area contributed by atoms with Gasteiger partial charge in [-0.25, -0.2) is 15.0 Å². The molecule has 0 amide bonds. The molecule has 0 spiro atoms. The second-order valence-electron chi connectivity index (χ2n) is 6.31. The molecule has 128 valence electrons. The molecule has 0 radical (unpaired) electrons. The van der Waals surface area contributed by atoms with E-state index in [1.165, 1.54) is 18.7 Å². The summed E-state index contributed by atoms with van der Waals surface area (Å²) in [6.07, 6.45) is 10.1. The fourth-order valence-corrected chi connectivity index (χ4v) is 3.14. The quantitative estimate of drug-likeness (QED) is 0.776. The smallest absolute Gasteiger partial charge is 0.161 e. The summed E-state index contributed by atoms with van der Waals surface area (Å²) in [7, 11) is 0. The van der Waals surface area contributed by atoms with Crippen molar-refractivity contribution in [3.8, 4) is 11.4 Å². The molecule has 0 saturated carbocycles. The standard InChI is InChI=1S/C19H22N6/c1-2-15-11-17(24-19(23-15)14-6-8-20-9-7-14)21-12-16-13-25-10-4-3-5-18(25)22-16/h6-9,11,13H,2-5,10,12H2,1H3,(H,21,23,24). The molecule has 4 heterocycles. The summed E-state index contributed by atoms with van der Waals surface area (Å²) < 4.78 is 2.28. The van der Waals surface area contributed by atoms with Gasteiger partial charge in [0, 0.05) is 48.9 Å². The second kappa shape index (κ2) is 7.01. The predicted octanol–water partition coefficient (Wildman–Crippen LogP) is 3.25. The Balaban J connectivity index is 1.54. The van der Waals surface area contributed by atoms with Crippen LogP contribution in [0, 0.1) is 0 Å². The lowest BCUT2D eigenvalue weighted by Crippen LogP contribution is -2.08. The second-order valence-corrected chi connectivity index (χ2v) is 6.31. The summed E-state index contributed by atoms with van der Waals surface area (Å²) in [5.41, 5.74) is 3.07. The number of imidazole rings is 1. The number of rotatable bonds is 5. The highest BCUT2D eigenvalue weighted by Crippen LogP contribution is 2.19. The zero-order valence-electron chi connectivity index (χ0n) is 14.4. The van der Waals surface area contributed by atoms with E-state index in [9.17, 15) is 0 Å². The zero-order chi connectivity index (χ0) is 17.1. The number of hydrogen-bond acceptors (Lipinski definition) is 5. The summed E-state index contributed by atoms with van der Waals surface area (Å²) in [6, 6.07) is 5.88. The van der Waals surface area contributed by atoms with Gasteiger partial charge in [0.1, 0.15) is 11.6 Å². The first kappa shape index (κ1) is 15.7. The Morgan fingerprint density at radius 2 is 1.96 bits per heavy atom. The number of fused-ring (bicyclic) bond motifs is 1. The lowest BCUT2D eigenvalue weighted by molar-refractivity contribution is 0.522. The van der Waals surface area contributed by atoms with E-state index in [2.05, 4.69) is 38.0 Å². The summed E-state index contributed by atoms with van der Waals surface area (Å²) in [6.45, 7) is 3.86. The third kappa shape index (κ3) is 3.52. The molecular weight excluding hydrogens is 312 g/mol. The number of pyridine rings is 1. The lowest BCUT2D eigenvalue weighted by Gasteiger charge is -2.11. The maximum atomic E-state index is 4.74. The molecule has 1 aliphatic rings. The lowest BCUT2D eigenvalue weighted by atomic mass is 10.2. The van der Waals surface area contributed by atoms with Crippen molar-refractivity contribution in [1.29, 1.82) is 0 Å². The zero-order valence-corrected chi connectivity index (χ0v) is 14.4. The van der Waals surface area contributed by atoms with Gasteiger partial charge < -0.3 is 9.88 Å². The van der Waals surface area contributed by atoms with Gasteiger partial charge in [0.2, 0.25) is 0 Å². The largest absolute Gasteiger partial charge is 0.364 e. The van der Waals surface area contributed by atoms with Crippen molar-refractivity contribution >= 4 is 5.82 Å². The molecular formula is C19H22N6. The molecule has 3 aromatic rings. The van der Waals surface area contributed by atoms with Crippen molar-refractivity contribution in [1.82, 2.24) is 24.5 Å². The Labute approximate surface area is 147 Å². The van der Waals surface area contributed by atoms with Crippen molar-refractivity contribution in [2.75, 3.05) is 5.32 Å². The van der Waals surface area contributed by atoms with Crippen LogP contribution in [-0.4, -0.2) is 24.5 Å². The van der Waals surface area contributed by atoms with Gasteiger partial charge >= 0.3 is 0 Å². The normalized spacial score (nSPS) is 13.5. The highest BCUT2D eigenvalue weighted by atomic mass is 15.1. The van der Waals surface area contributed by atoms with E-state index in [1.807, 2.05) is 18.2 Å². The SMILES string of the molecule is CCc1cc(NCc2cn3c(n2)CCCC3)nc(-c2ccncc2)n1. The van der Waals surface area contributed by atoms with E-state index in [0.29, 0.717) is 6.54 Å². The number of nitrogens with one attached hydrogen (secondary N) is 1. The average molecular weight is 334 g/mol. The Morgan fingerprint density at radius 1 is 1.08 bits per heavy atom. The van der Waals surface area contributed by atoms with Crippen LogP contribution in [0.25, 0.3) is 11.4 Å². The maximum absolute atomic E-state index is 4.74. The maximum Gasteiger partial charge on any atom is 0.161 e. The Morgan fingerprint density at radius 3 is 2.76 bits per heavy atom.